The number of amides is 2. The Balaban J connectivity index is 1.77. The van der Waals surface area contributed by atoms with Crippen molar-refractivity contribution in [1.82, 2.24) is 10.2 Å². The Morgan fingerprint density at radius 3 is 2.29 bits per heavy atom. The van der Waals surface area contributed by atoms with Crippen molar-refractivity contribution in [2.45, 2.75) is 76.4 Å². The number of carbonyl (C=O) groups is 2. The lowest BCUT2D eigenvalue weighted by molar-refractivity contribution is -0.140. The van der Waals surface area contributed by atoms with E-state index in [-0.39, 0.29) is 29.1 Å². The standard InChI is InChI=1S/C33H41N3O5S/c1-5-29(33(38)34-27-15-11-12-16-27)35(22-26-14-10-9-13-25(26)3)32(37)23-36(30-21-24(2)19-20-31(30)41-4)42(39,40)28-17-7-6-8-18-28/h6-10,13-14,17-21,27,29H,5,11-12,15-16,22-23H2,1-4H3,(H,34,38)/t29-/m1/s1. The normalized spacial score (nSPS) is 14.3. The van der Waals surface area contributed by atoms with Crippen LogP contribution in [0.25, 0.3) is 0 Å². The van der Waals surface area contributed by atoms with E-state index in [1.54, 1.807) is 30.3 Å². The van der Waals surface area contributed by atoms with Crippen LogP contribution in [0.3, 0.4) is 0 Å². The third-order valence-corrected chi connectivity index (χ3v) is 9.68. The van der Waals surface area contributed by atoms with Crippen LogP contribution in [0.2, 0.25) is 0 Å². The van der Waals surface area contributed by atoms with Crippen molar-refractivity contribution in [2.75, 3.05) is 18.0 Å². The average molecular weight is 592 g/mol. The molecule has 2 amide bonds. The number of sulfonamides is 1. The Morgan fingerprint density at radius 2 is 1.64 bits per heavy atom. The lowest BCUT2D eigenvalue weighted by atomic mass is 10.1. The Kier molecular flexibility index (Phi) is 10.3. The highest BCUT2D eigenvalue weighted by molar-refractivity contribution is 7.92. The van der Waals surface area contributed by atoms with E-state index < -0.39 is 28.5 Å². The molecule has 4 rings (SSSR count). The fraction of sp³-hybridized carbons (Fsp3) is 0.394. The van der Waals surface area contributed by atoms with Crippen LogP contribution in [0.5, 0.6) is 5.75 Å². The first-order chi connectivity index (χ1) is 20.1. The molecule has 3 aromatic carbocycles. The monoisotopic (exact) mass is 591 g/mol. The second kappa shape index (κ2) is 13.9. The van der Waals surface area contributed by atoms with Crippen LogP contribution in [-0.2, 0) is 26.2 Å². The zero-order chi connectivity index (χ0) is 30.3. The number of anilines is 1. The van der Waals surface area contributed by atoms with E-state index in [2.05, 4.69) is 5.32 Å². The molecule has 1 saturated carbocycles. The second-order valence-corrected chi connectivity index (χ2v) is 12.7. The van der Waals surface area contributed by atoms with Crippen LogP contribution in [0.1, 0.15) is 55.7 Å². The summed E-state index contributed by atoms with van der Waals surface area (Å²) in [4.78, 5) is 29.5. The molecule has 8 nitrogen and oxygen atoms in total. The SMILES string of the molecule is CC[C@H](C(=O)NC1CCCC1)N(Cc1ccccc1C)C(=O)CN(c1cc(C)ccc1OC)S(=O)(=O)c1ccccc1. The number of hydrogen-bond donors (Lipinski definition) is 1. The van der Waals surface area contributed by atoms with Crippen molar-refractivity contribution >= 4 is 27.5 Å². The Bertz CT molecular complexity index is 1490. The maximum Gasteiger partial charge on any atom is 0.264 e. The smallest absolute Gasteiger partial charge is 0.264 e. The molecule has 42 heavy (non-hydrogen) atoms. The molecule has 0 radical (unpaired) electrons. The maximum absolute atomic E-state index is 14.3. The van der Waals surface area contributed by atoms with Gasteiger partial charge in [-0.1, -0.05) is 68.3 Å². The summed E-state index contributed by atoms with van der Waals surface area (Å²) in [6.07, 6.45) is 4.36. The Hall–Kier alpha value is -3.85. The number of benzene rings is 3. The van der Waals surface area contributed by atoms with Crippen LogP contribution in [0, 0.1) is 13.8 Å². The van der Waals surface area contributed by atoms with Gasteiger partial charge in [-0.3, -0.25) is 13.9 Å². The second-order valence-electron chi connectivity index (χ2n) is 10.9. The first kappa shape index (κ1) is 31.1. The van der Waals surface area contributed by atoms with E-state index in [1.165, 1.54) is 24.1 Å². The van der Waals surface area contributed by atoms with Crippen molar-refractivity contribution in [3.63, 3.8) is 0 Å². The number of nitrogens with zero attached hydrogens (tertiary/aromatic N) is 2. The molecule has 9 heteroatoms. The zero-order valence-electron chi connectivity index (χ0n) is 24.9. The molecular formula is C33H41N3O5S. The van der Waals surface area contributed by atoms with E-state index >= 15 is 0 Å². The largest absolute Gasteiger partial charge is 0.495 e. The average Bonchev–Trinajstić information content (AvgIpc) is 3.50. The minimum Gasteiger partial charge on any atom is -0.495 e. The van der Waals surface area contributed by atoms with E-state index in [0.717, 1.165) is 46.7 Å². The number of rotatable bonds is 12. The first-order valence-corrected chi connectivity index (χ1v) is 16.0. The molecule has 224 valence electrons. The van der Waals surface area contributed by atoms with Gasteiger partial charge in [-0.2, -0.15) is 0 Å². The molecule has 1 atom stereocenters. The first-order valence-electron chi connectivity index (χ1n) is 14.5. The van der Waals surface area contributed by atoms with Gasteiger partial charge in [-0.25, -0.2) is 8.42 Å². The fourth-order valence-electron chi connectivity index (χ4n) is 5.49. The summed E-state index contributed by atoms with van der Waals surface area (Å²) < 4.78 is 34.9. The molecule has 1 N–H and O–H groups in total. The van der Waals surface area contributed by atoms with Crippen molar-refractivity contribution in [3.05, 3.63) is 89.5 Å². The number of nitrogens with one attached hydrogen (secondary N) is 1. The predicted molar refractivity (Wildman–Crippen MR) is 165 cm³/mol. The third-order valence-electron chi connectivity index (χ3n) is 7.90. The van der Waals surface area contributed by atoms with Gasteiger partial charge in [0, 0.05) is 12.6 Å². The van der Waals surface area contributed by atoms with Crippen molar-refractivity contribution < 1.29 is 22.7 Å². The summed E-state index contributed by atoms with van der Waals surface area (Å²) in [5.41, 5.74) is 2.94. The number of hydrogen-bond acceptors (Lipinski definition) is 5. The highest BCUT2D eigenvalue weighted by Crippen LogP contribution is 2.34. The molecule has 0 saturated heterocycles. The quantitative estimate of drug-likeness (QED) is 0.305. The van der Waals surface area contributed by atoms with Gasteiger partial charge in [0.25, 0.3) is 10.0 Å². The van der Waals surface area contributed by atoms with Crippen molar-refractivity contribution in [1.29, 1.82) is 0 Å². The molecule has 0 bridgehead atoms. The molecule has 0 aromatic heterocycles. The zero-order valence-corrected chi connectivity index (χ0v) is 25.7. The number of methoxy groups -OCH3 is 1. The maximum atomic E-state index is 14.3. The molecule has 0 heterocycles. The molecule has 0 aliphatic heterocycles. The van der Waals surface area contributed by atoms with Crippen molar-refractivity contribution in [3.8, 4) is 5.75 Å². The summed E-state index contributed by atoms with van der Waals surface area (Å²) >= 11 is 0. The minimum atomic E-state index is -4.18. The van der Waals surface area contributed by atoms with Gasteiger partial charge in [0.2, 0.25) is 11.8 Å². The molecule has 0 spiro atoms. The van der Waals surface area contributed by atoms with Gasteiger partial charge in [-0.05, 0) is 74.1 Å². The summed E-state index contributed by atoms with van der Waals surface area (Å²) in [6.45, 7) is 5.35. The van der Waals surface area contributed by atoms with Gasteiger partial charge >= 0.3 is 0 Å². The number of carbonyl (C=O) groups excluding carboxylic acids is 2. The predicted octanol–water partition coefficient (Wildman–Crippen LogP) is 5.37. The van der Waals surface area contributed by atoms with E-state index in [1.807, 2.05) is 51.1 Å². The van der Waals surface area contributed by atoms with Gasteiger partial charge in [-0.15, -0.1) is 0 Å². The number of ether oxygens (including phenoxy) is 1. The highest BCUT2D eigenvalue weighted by Gasteiger charge is 2.35. The van der Waals surface area contributed by atoms with Gasteiger partial charge in [0.05, 0.1) is 17.7 Å². The summed E-state index contributed by atoms with van der Waals surface area (Å²) in [7, 11) is -2.71. The molecule has 1 aliphatic rings. The van der Waals surface area contributed by atoms with Gasteiger partial charge in [0.15, 0.2) is 0 Å². The molecule has 1 aliphatic carbocycles. The molecule has 0 unspecified atom stereocenters. The highest BCUT2D eigenvalue weighted by atomic mass is 32.2. The van der Waals surface area contributed by atoms with E-state index in [9.17, 15) is 18.0 Å². The summed E-state index contributed by atoms with van der Waals surface area (Å²) in [6, 6.07) is 20.3. The van der Waals surface area contributed by atoms with Crippen LogP contribution >= 0.6 is 0 Å². The molecule has 1 fully saturated rings. The van der Waals surface area contributed by atoms with Gasteiger partial charge < -0.3 is 15.0 Å². The van der Waals surface area contributed by atoms with Crippen LogP contribution in [0.4, 0.5) is 5.69 Å². The van der Waals surface area contributed by atoms with E-state index in [0.29, 0.717) is 12.2 Å². The van der Waals surface area contributed by atoms with E-state index in [4.69, 9.17) is 4.74 Å². The minimum absolute atomic E-state index is 0.0535. The van der Waals surface area contributed by atoms with Crippen LogP contribution in [0.15, 0.2) is 77.7 Å². The lowest BCUT2D eigenvalue weighted by Gasteiger charge is -2.34. The summed E-state index contributed by atoms with van der Waals surface area (Å²) in [5.74, 6) is -0.365. The lowest BCUT2D eigenvalue weighted by Crippen LogP contribution is -2.53. The van der Waals surface area contributed by atoms with Gasteiger partial charge in [0.1, 0.15) is 18.3 Å². The third kappa shape index (κ3) is 7.13. The van der Waals surface area contributed by atoms with Crippen molar-refractivity contribution in [2.24, 2.45) is 0 Å². The van der Waals surface area contributed by atoms with Crippen LogP contribution < -0.4 is 14.4 Å². The Morgan fingerprint density at radius 1 is 0.976 bits per heavy atom. The molecular weight excluding hydrogens is 550 g/mol. The summed E-state index contributed by atoms with van der Waals surface area (Å²) in [5, 5.41) is 3.15. The topological polar surface area (TPSA) is 96.0 Å². The number of aryl methyl sites for hydroxylation is 2. The van der Waals surface area contributed by atoms with Crippen LogP contribution in [-0.4, -0.2) is 50.9 Å². The fourth-order valence-corrected chi connectivity index (χ4v) is 6.92. The Labute approximate surface area is 249 Å². The molecule has 3 aromatic rings.